The Kier molecular flexibility index (Phi) is 6.20. The molecule has 28 heavy (non-hydrogen) atoms. The van der Waals surface area contributed by atoms with Gasteiger partial charge in [-0.2, -0.15) is 15.1 Å². The van der Waals surface area contributed by atoms with E-state index in [0.29, 0.717) is 43.2 Å². The molecule has 0 spiro atoms. The molecule has 2 aliphatic rings. The molecule has 2 aromatic rings. The van der Waals surface area contributed by atoms with Gasteiger partial charge in [-0.25, -0.2) is 0 Å². The molecule has 2 saturated heterocycles. The molecule has 0 atom stereocenters. The van der Waals surface area contributed by atoms with Crippen molar-refractivity contribution in [3.8, 4) is 0 Å². The average molecular weight is 403 g/mol. The van der Waals surface area contributed by atoms with Gasteiger partial charge in [-0.1, -0.05) is 23.7 Å². The van der Waals surface area contributed by atoms with Gasteiger partial charge in [0.2, 0.25) is 5.95 Å². The lowest BCUT2D eigenvalue weighted by molar-refractivity contribution is 0.121. The lowest BCUT2D eigenvalue weighted by Gasteiger charge is -2.31. The van der Waals surface area contributed by atoms with Crippen LogP contribution in [0.5, 0.6) is 0 Å². The minimum Gasteiger partial charge on any atom is -0.378 e. The maximum absolute atomic E-state index is 6.02. The zero-order valence-electron chi connectivity index (χ0n) is 15.6. The fraction of sp³-hybridized carbons (Fsp3) is 0.421. The third kappa shape index (κ3) is 4.89. The molecule has 0 saturated carbocycles. The van der Waals surface area contributed by atoms with Gasteiger partial charge in [0.05, 0.1) is 32.6 Å². The van der Waals surface area contributed by atoms with Crippen LogP contribution in [-0.2, 0) is 9.47 Å². The summed E-state index contributed by atoms with van der Waals surface area (Å²) in [6.07, 6.45) is 1.72. The molecule has 3 heterocycles. The molecule has 0 bridgehead atoms. The fourth-order valence-corrected chi connectivity index (χ4v) is 3.30. The number of nitrogens with zero attached hydrogens (tertiary/aromatic N) is 5. The van der Waals surface area contributed by atoms with E-state index in [2.05, 4.69) is 25.3 Å². The van der Waals surface area contributed by atoms with E-state index in [1.807, 2.05) is 30.3 Å². The van der Waals surface area contributed by atoms with E-state index in [9.17, 15) is 0 Å². The van der Waals surface area contributed by atoms with Crippen LogP contribution in [0, 0.1) is 0 Å². The van der Waals surface area contributed by atoms with Crippen molar-refractivity contribution < 1.29 is 9.47 Å². The van der Waals surface area contributed by atoms with E-state index in [-0.39, 0.29) is 0 Å². The highest BCUT2D eigenvalue weighted by atomic mass is 35.5. The molecule has 1 aromatic heterocycles. The van der Waals surface area contributed by atoms with Gasteiger partial charge in [0.15, 0.2) is 5.82 Å². The van der Waals surface area contributed by atoms with E-state index in [0.717, 1.165) is 37.6 Å². The summed E-state index contributed by atoms with van der Waals surface area (Å²) >= 11 is 6.02. The van der Waals surface area contributed by atoms with Crippen molar-refractivity contribution in [1.82, 2.24) is 9.97 Å². The molecule has 2 aliphatic heterocycles. The summed E-state index contributed by atoms with van der Waals surface area (Å²) in [6, 6.07) is 9.44. The van der Waals surface area contributed by atoms with Crippen LogP contribution in [0.3, 0.4) is 0 Å². The number of hydrogen-bond acceptors (Lipinski definition) is 8. The Morgan fingerprint density at radius 1 is 0.964 bits per heavy atom. The molecule has 1 N–H and O–H groups in total. The molecular weight excluding hydrogens is 380 g/mol. The standard InChI is InChI=1S/C19H23ClN6O2/c20-16-3-1-2-15(12-16)14-21-24-17-13-18(25-4-8-27-9-5-25)23-19(22-17)26-6-10-28-11-7-26/h1-3,12-14H,4-11H2,(H,22,23,24)/b21-14-. The summed E-state index contributed by atoms with van der Waals surface area (Å²) in [5.41, 5.74) is 3.94. The molecule has 1 aromatic carbocycles. The zero-order valence-corrected chi connectivity index (χ0v) is 16.3. The number of hydrogen-bond donors (Lipinski definition) is 1. The number of morpholine rings is 2. The van der Waals surface area contributed by atoms with E-state index >= 15 is 0 Å². The van der Waals surface area contributed by atoms with Crippen molar-refractivity contribution in [3.05, 3.63) is 40.9 Å². The van der Waals surface area contributed by atoms with Crippen LogP contribution in [0.25, 0.3) is 0 Å². The second-order valence-electron chi connectivity index (χ2n) is 6.54. The largest absolute Gasteiger partial charge is 0.378 e. The summed E-state index contributed by atoms with van der Waals surface area (Å²) in [7, 11) is 0. The smallest absolute Gasteiger partial charge is 0.229 e. The second kappa shape index (κ2) is 9.18. The second-order valence-corrected chi connectivity index (χ2v) is 6.97. The van der Waals surface area contributed by atoms with Gasteiger partial charge in [-0.15, -0.1) is 0 Å². The number of halogens is 1. The number of aromatic nitrogens is 2. The lowest BCUT2D eigenvalue weighted by atomic mass is 10.2. The number of ether oxygens (including phenoxy) is 2. The Morgan fingerprint density at radius 2 is 1.68 bits per heavy atom. The number of rotatable bonds is 5. The lowest BCUT2D eigenvalue weighted by Crippen LogP contribution is -2.39. The summed E-state index contributed by atoms with van der Waals surface area (Å²) < 4.78 is 10.9. The first-order chi connectivity index (χ1) is 13.8. The molecule has 0 radical (unpaired) electrons. The first kappa shape index (κ1) is 18.9. The van der Waals surface area contributed by atoms with Crippen LogP contribution in [-0.4, -0.2) is 68.8 Å². The topological polar surface area (TPSA) is 75.1 Å². The highest BCUT2D eigenvalue weighted by Crippen LogP contribution is 2.22. The predicted octanol–water partition coefficient (Wildman–Crippen LogP) is 2.25. The quantitative estimate of drug-likeness (QED) is 0.607. The van der Waals surface area contributed by atoms with E-state index in [1.165, 1.54) is 0 Å². The number of anilines is 3. The Morgan fingerprint density at radius 3 is 2.39 bits per heavy atom. The Balaban J connectivity index is 1.55. The molecule has 0 amide bonds. The van der Waals surface area contributed by atoms with E-state index in [1.54, 1.807) is 6.21 Å². The van der Waals surface area contributed by atoms with E-state index in [4.69, 9.17) is 26.1 Å². The van der Waals surface area contributed by atoms with Crippen molar-refractivity contribution in [1.29, 1.82) is 0 Å². The Bertz CT molecular complexity index is 786. The minimum atomic E-state index is 0.649. The van der Waals surface area contributed by atoms with Crippen LogP contribution in [0.1, 0.15) is 5.56 Å². The van der Waals surface area contributed by atoms with Gasteiger partial charge >= 0.3 is 0 Å². The highest BCUT2D eigenvalue weighted by molar-refractivity contribution is 6.30. The molecule has 4 rings (SSSR count). The average Bonchev–Trinajstić information content (AvgIpc) is 2.75. The summed E-state index contributed by atoms with van der Waals surface area (Å²) in [6.45, 7) is 5.94. The predicted molar refractivity (Wildman–Crippen MR) is 111 cm³/mol. The zero-order chi connectivity index (χ0) is 19.2. The fourth-order valence-electron chi connectivity index (χ4n) is 3.10. The first-order valence-electron chi connectivity index (χ1n) is 9.37. The molecule has 9 heteroatoms. The van der Waals surface area contributed by atoms with Gasteiger partial charge in [0.1, 0.15) is 5.82 Å². The van der Waals surface area contributed by atoms with Gasteiger partial charge < -0.3 is 19.3 Å². The van der Waals surface area contributed by atoms with Crippen molar-refractivity contribution in [2.45, 2.75) is 0 Å². The highest BCUT2D eigenvalue weighted by Gasteiger charge is 2.19. The SMILES string of the molecule is Clc1cccc(/C=N\Nc2cc(N3CCOCC3)nc(N3CCOCC3)n2)c1. The summed E-state index contributed by atoms with van der Waals surface area (Å²) in [4.78, 5) is 13.8. The van der Waals surface area contributed by atoms with Crippen LogP contribution >= 0.6 is 11.6 Å². The van der Waals surface area contributed by atoms with Crippen molar-refractivity contribution in [3.63, 3.8) is 0 Å². The van der Waals surface area contributed by atoms with Gasteiger partial charge in [-0.05, 0) is 17.7 Å². The van der Waals surface area contributed by atoms with Gasteiger partial charge in [-0.3, -0.25) is 5.43 Å². The van der Waals surface area contributed by atoms with Crippen LogP contribution in [0.2, 0.25) is 5.02 Å². The van der Waals surface area contributed by atoms with Crippen LogP contribution in [0.15, 0.2) is 35.4 Å². The summed E-state index contributed by atoms with van der Waals surface area (Å²) in [5, 5.41) is 4.99. The maximum atomic E-state index is 6.02. The van der Waals surface area contributed by atoms with Crippen molar-refractivity contribution in [2.24, 2.45) is 5.10 Å². The maximum Gasteiger partial charge on any atom is 0.229 e. The molecule has 2 fully saturated rings. The molecule has 0 aliphatic carbocycles. The van der Waals surface area contributed by atoms with Crippen molar-refractivity contribution in [2.75, 3.05) is 67.8 Å². The molecule has 0 unspecified atom stereocenters. The third-order valence-corrected chi connectivity index (χ3v) is 4.81. The Hall–Kier alpha value is -2.42. The number of nitrogens with one attached hydrogen (secondary N) is 1. The van der Waals surface area contributed by atoms with Gasteiger partial charge in [0.25, 0.3) is 0 Å². The Labute approximate surface area is 169 Å². The molecule has 148 valence electrons. The molecule has 8 nitrogen and oxygen atoms in total. The van der Waals surface area contributed by atoms with Crippen LogP contribution in [0.4, 0.5) is 17.6 Å². The number of benzene rings is 1. The number of hydrazone groups is 1. The normalized spacial score (nSPS) is 17.9. The minimum absolute atomic E-state index is 0.649. The van der Waals surface area contributed by atoms with E-state index < -0.39 is 0 Å². The van der Waals surface area contributed by atoms with Crippen molar-refractivity contribution >= 4 is 35.4 Å². The third-order valence-electron chi connectivity index (χ3n) is 4.57. The first-order valence-corrected chi connectivity index (χ1v) is 9.75. The molecular formula is C19H23ClN6O2. The van der Waals surface area contributed by atoms with Gasteiger partial charge in [0, 0.05) is 37.3 Å². The van der Waals surface area contributed by atoms with Crippen LogP contribution < -0.4 is 15.2 Å². The summed E-state index contributed by atoms with van der Waals surface area (Å²) in [5.74, 6) is 2.21. The monoisotopic (exact) mass is 402 g/mol.